The van der Waals surface area contributed by atoms with E-state index in [4.69, 9.17) is 0 Å². The summed E-state index contributed by atoms with van der Waals surface area (Å²) in [5.41, 5.74) is -2.22. The highest BCUT2D eigenvalue weighted by atomic mass is 19.4. The highest BCUT2D eigenvalue weighted by Gasteiger charge is 2.35. The monoisotopic (exact) mass is 500 g/mol. The Bertz CT molecular complexity index is 1120. The van der Waals surface area contributed by atoms with Gasteiger partial charge in [0.15, 0.2) is 12.1 Å². The van der Waals surface area contributed by atoms with Crippen LogP contribution in [0.2, 0.25) is 0 Å². The van der Waals surface area contributed by atoms with E-state index in [0.29, 0.717) is 13.1 Å². The van der Waals surface area contributed by atoms with Crippen molar-refractivity contribution in [3.8, 4) is 0 Å². The number of amidine groups is 1. The molecular formula is C21H22F6N8. The van der Waals surface area contributed by atoms with Gasteiger partial charge in [-0.15, -0.1) is 0 Å². The molecule has 35 heavy (non-hydrogen) atoms. The normalized spacial score (nSPS) is 20.5. The molecule has 0 radical (unpaired) electrons. The number of hydrogen-bond acceptors (Lipinski definition) is 8. The van der Waals surface area contributed by atoms with Crippen LogP contribution in [0, 0.1) is 0 Å². The summed E-state index contributed by atoms with van der Waals surface area (Å²) in [7, 11) is 3.62. The lowest BCUT2D eigenvalue weighted by atomic mass is 10.2. The Morgan fingerprint density at radius 3 is 2.26 bits per heavy atom. The van der Waals surface area contributed by atoms with Crippen LogP contribution in [-0.2, 0) is 12.4 Å². The van der Waals surface area contributed by atoms with Crippen LogP contribution in [0.25, 0.3) is 0 Å². The fraction of sp³-hybridized carbons (Fsp3) is 0.429. The van der Waals surface area contributed by atoms with Crippen molar-refractivity contribution in [2.24, 2.45) is 9.98 Å². The number of aromatic nitrogens is 2. The van der Waals surface area contributed by atoms with Crippen LogP contribution in [-0.4, -0.2) is 83.0 Å². The van der Waals surface area contributed by atoms with E-state index < -0.39 is 30.0 Å². The van der Waals surface area contributed by atoms with Crippen LogP contribution in [0.5, 0.6) is 0 Å². The summed E-state index contributed by atoms with van der Waals surface area (Å²) >= 11 is 0. The van der Waals surface area contributed by atoms with Crippen molar-refractivity contribution in [3.05, 3.63) is 53.6 Å². The second-order valence-corrected chi connectivity index (χ2v) is 8.14. The largest absolute Gasteiger partial charge is 0.433 e. The van der Waals surface area contributed by atoms with Crippen molar-refractivity contribution in [2.75, 3.05) is 45.6 Å². The number of piperazine rings is 1. The Kier molecular flexibility index (Phi) is 6.68. The minimum absolute atomic E-state index is 0.0632. The lowest BCUT2D eigenvalue weighted by Gasteiger charge is -2.42. The summed E-state index contributed by atoms with van der Waals surface area (Å²) in [4.78, 5) is 21.6. The zero-order valence-corrected chi connectivity index (χ0v) is 18.8. The minimum atomic E-state index is -4.66. The Balaban J connectivity index is 1.71. The number of hydrogen-bond donors (Lipinski definition) is 1. The van der Waals surface area contributed by atoms with Gasteiger partial charge in [-0.05, 0) is 31.3 Å². The van der Waals surface area contributed by atoms with E-state index in [1.165, 1.54) is 18.2 Å². The van der Waals surface area contributed by atoms with Crippen molar-refractivity contribution >= 4 is 17.5 Å². The van der Waals surface area contributed by atoms with Gasteiger partial charge in [0.25, 0.3) is 0 Å². The molecule has 0 aromatic carbocycles. The molecule has 4 heterocycles. The van der Waals surface area contributed by atoms with Crippen molar-refractivity contribution < 1.29 is 26.3 Å². The van der Waals surface area contributed by atoms with Crippen LogP contribution in [0.1, 0.15) is 17.1 Å². The smallest absolute Gasteiger partial charge is 0.326 e. The number of pyridine rings is 2. The van der Waals surface area contributed by atoms with Crippen molar-refractivity contribution in [3.63, 3.8) is 0 Å². The van der Waals surface area contributed by atoms with Crippen LogP contribution in [0.15, 0.2) is 46.5 Å². The first-order valence-corrected chi connectivity index (χ1v) is 10.6. The van der Waals surface area contributed by atoms with E-state index in [0.717, 1.165) is 31.4 Å². The maximum atomic E-state index is 13.2. The molecule has 4 rings (SSSR count). The van der Waals surface area contributed by atoms with Gasteiger partial charge < -0.3 is 15.1 Å². The van der Waals surface area contributed by atoms with Gasteiger partial charge in [0.2, 0.25) is 5.96 Å². The van der Waals surface area contributed by atoms with Gasteiger partial charge in [-0.3, -0.25) is 9.88 Å². The van der Waals surface area contributed by atoms with Crippen LogP contribution in [0.3, 0.4) is 0 Å². The standard InChI is InChI=1S/C21H22F6N8/c1-33-8-10-35(11-9-33)19-32-17(14-4-3-5-15(30-14)20(22,23)24)31-18(34(19)2)29-13-6-7-28-16(12-13)21(25,26)27/h3-7,12,19H,8-11H2,1-2H3,(H,28,29,31,32). The summed E-state index contributed by atoms with van der Waals surface area (Å²) < 4.78 is 79.0. The molecule has 1 unspecified atom stereocenters. The quantitative estimate of drug-likeness (QED) is 0.653. The van der Waals surface area contributed by atoms with Crippen LogP contribution in [0.4, 0.5) is 32.0 Å². The number of nitrogens with zero attached hydrogens (tertiary/aromatic N) is 7. The SMILES string of the molecule is CN1CCN(C2N=C(c3cccc(C(F)(F)F)n3)N=C(Nc3ccnc(C(F)(F)F)c3)N2C)CC1. The van der Waals surface area contributed by atoms with E-state index in [1.54, 1.807) is 11.9 Å². The third-order valence-electron chi connectivity index (χ3n) is 5.57. The molecule has 1 saturated heterocycles. The van der Waals surface area contributed by atoms with Gasteiger partial charge in [-0.1, -0.05) is 6.07 Å². The molecule has 0 aliphatic carbocycles. The molecule has 1 atom stereocenters. The van der Waals surface area contributed by atoms with E-state index in [-0.39, 0.29) is 23.2 Å². The summed E-state index contributed by atoms with van der Waals surface area (Å²) in [6.45, 7) is 2.74. The Morgan fingerprint density at radius 1 is 0.914 bits per heavy atom. The Hall–Kier alpha value is -3.26. The molecule has 1 N–H and O–H groups in total. The molecule has 0 saturated carbocycles. The minimum Gasteiger partial charge on any atom is -0.326 e. The predicted molar refractivity (Wildman–Crippen MR) is 117 cm³/mol. The van der Waals surface area contributed by atoms with Gasteiger partial charge in [0.05, 0.1) is 0 Å². The van der Waals surface area contributed by atoms with Crippen LogP contribution < -0.4 is 5.32 Å². The second kappa shape index (κ2) is 9.41. The number of anilines is 1. The topological polar surface area (TPSA) is 72.2 Å². The first-order chi connectivity index (χ1) is 16.4. The number of alkyl halides is 6. The molecule has 2 aromatic rings. The molecule has 14 heteroatoms. The fourth-order valence-corrected chi connectivity index (χ4v) is 3.64. The predicted octanol–water partition coefficient (Wildman–Crippen LogP) is 3.21. The van der Waals surface area contributed by atoms with Crippen molar-refractivity contribution in [1.29, 1.82) is 0 Å². The molecule has 0 spiro atoms. The number of aliphatic imine (C=N–C) groups is 2. The fourth-order valence-electron chi connectivity index (χ4n) is 3.64. The van der Waals surface area contributed by atoms with Gasteiger partial charge >= 0.3 is 12.4 Å². The van der Waals surface area contributed by atoms with E-state index in [1.807, 2.05) is 11.9 Å². The number of nitrogens with one attached hydrogen (secondary N) is 1. The van der Waals surface area contributed by atoms with Gasteiger partial charge in [-0.2, -0.15) is 31.3 Å². The molecule has 1 fully saturated rings. The van der Waals surface area contributed by atoms with E-state index in [2.05, 4.69) is 30.2 Å². The third-order valence-corrected chi connectivity index (χ3v) is 5.57. The van der Waals surface area contributed by atoms with Gasteiger partial charge in [0, 0.05) is 45.1 Å². The number of guanidine groups is 1. The zero-order valence-electron chi connectivity index (χ0n) is 18.8. The summed E-state index contributed by atoms with van der Waals surface area (Å²) in [5.74, 6) is 0.0446. The lowest BCUT2D eigenvalue weighted by molar-refractivity contribution is -0.141. The Morgan fingerprint density at radius 2 is 1.60 bits per heavy atom. The molecule has 0 bridgehead atoms. The number of rotatable bonds is 3. The molecule has 0 amide bonds. The maximum Gasteiger partial charge on any atom is 0.433 e. The van der Waals surface area contributed by atoms with Gasteiger partial charge in [-0.25, -0.2) is 9.98 Å². The molecule has 2 aliphatic rings. The number of halogens is 6. The highest BCUT2D eigenvalue weighted by molar-refractivity contribution is 6.09. The van der Waals surface area contributed by atoms with Crippen molar-refractivity contribution in [2.45, 2.75) is 18.6 Å². The summed E-state index contributed by atoms with van der Waals surface area (Å²) in [5, 5.41) is 2.83. The van der Waals surface area contributed by atoms with Crippen molar-refractivity contribution in [1.82, 2.24) is 24.7 Å². The first-order valence-electron chi connectivity index (χ1n) is 10.6. The zero-order chi connectivity index (χ0) is 25.4. The molecule has 2 aliphatic heterocycles. The second-order valence-electron chi connectivity index (χ2n) is 8.14. The van der Waals surface area contributed by atoms with E-state index in [9.17, 15) is 26.3 Å². The average molecular weight is 500 g/mol. The Labute approximate surface area is 197 Å². The number of likely N-dealkylation sites (N-methyl/N-ethyl adjacent to an activating group) is 1. The summed E-state index contributed by atoms with van der Waals surface area (Å²) in [6, 6.07) is 5.57. The summed E-state index contributed by atoms with van der Waals surface area (Å²) in [6.07, 6.45) is -8.95. The lowest BCUT2D eigenvalue weighted by Crippen LogP contribution is -2.57. The molecule has 8 nitrogen and oxygen atoms in total. The molecular weight excluding hydrogens is 478 g/mol. The highest BCUT2D eigenvalue weighted by Crippen LogP contribution is 2.30. The first kappa shape index (κ1) is 24.9. The molecule has 2 aromatic heterocycles. The maximum absolute atomic E-state index is 13.2. The third kappa shape index (κ3) is 5.70. The average Bonchev–Trinajstić information content (AvgIpc) is 2.80. The van der Waals surface area contributed by atoms with E-state index >= 15 is 0 Å². The van der Waals surface area contributed by atoms with Crippen LogP contribution >= 0.6 is 0 Å². The van der Waals surface area contributed by atoms with Gasteiger partial charge in [0.1, 0.15) is 17.1 Å². The molecule has 188 valence electrons.